The molecule has 2 fully saturated rings. The molecule has 0 spiro atoms. The van der Waals surface area contributed by atoms with Gasteiger partial charge in [0, 0.05) is 50.5 Å². The Balaban J connectivity index is 1.47. The van der Waals surface area contributed by atoms with Crippen molar-refractivity contribution < 1.29 is 22.7 Å². The molecule has 172 valence electrons. The van der Waals surface area contributed by atoms with Crippen LogP contribution in [-0.4, -0.2) is 83.1 Å². The first-order valence-corrected chi connectivity index (χ1v) is 12.2. The van der Waals surface area contributed by atoms with Gasteiger partial charge in [0.25, 0.3) is 5.91 Å². The fraction of sp³-hybridized carbons (Fsp3) is 0.435. The number of nitrogens with zero attached hydrogens (tertiary/aromatic N) is 3. The highest BCUT2D eigenvalue weighted by molar-refractivity contribution is 7.89. The zero-order valence-electron chi connectivity index (χ0n) is 18.5. The van der Waals surface area contributed by atoms with Gasteiger partial charge in [0.2, 0.25) is 10.0 Å². The Morgan fingerprint density at radius 2 is 1.59 bits per heavy atom. The van der Waals surface area contributed by atoms with E-state index in [0.717, 1.165) is 17.0 Å². The number of ether oxygens (including phenoxy) is 2. The van der Waals surface area contributed by atoms with Crippen molar-refractivity contribution in [2.45, 2.75) is 11.8 Å². The van der Waals surface area contributed by atoms with Crippen molar-refractivity contribution in [2.75, 3.05) is 64.5 Å². The number of aryl methyl sites for hydroxylation is 1. The second-order valence-electron chi connectivity index (χ2n) is 7.97. The number of amides is 1. The van der Waals surface area contributed by atoms with Crippen molar-refractivity contribution in [3.63, 3.8) is 0 Å². The van der Waals surface area contributed by atoms with Crippen LogP contribution < -0.4 is 9.64 Å². The van der Waals surface area contributed by atoms with Crippen molar-refractivity contribution >= 4 is 21.6 Å². The van der Waals surface area contributed by atoms with Crippen LogP contribution in [0.3, 0.4) is 0 Å². The Labute approximate surface area is 189 Å². The number of carbonyl (C=O) groups is 1. The van der Waals surface area contributed by atoms with Crippen LogP contribution in [0.15, 0.2) is 47.4 Å². The molecule has 0 bridgehead atoms. The third-order valence-corrected chi connectivity index (χ3v) is 7.95. The molecule has 0 unspecified atom stereocenters. The topological polar surface area (TPSA) is 79.4 Å². The summed E-state index contributed by atoms with van der Waals surface area (Å²) >= 11 is 0. The number of piperazine rings is 1. The number of carbonyl (C=O) groups excluding carboxylic acids is 1. The molecule has 2 aliphatic rings. The number of hydrogen-bond acceptors (Lipinski definition) is 6. The second-order valence-corrected chi connectivity index (χ2v) is 9.91. The van der Waals surface area contributed by atoms with E-state index in [-0.39, 0.29) is 10.8 Å². The number of rotatable bonds is 5. The summed E-state index contributed by atoms with van der Waals surface area (Å²) in [6.07, 6.45) is 0. The van der Waals surface area contributed by atoms with Crippen LogP contribution in [0, 0.1) is 6.92 Å². The smallest absolute Gasteiger partial charge is 0.254 e. The van der Waals surface area contributed by atoms with E-state index in [9.17, 15) is 13.2 Å². The van der Waals surface area contributed by atoms with E-state index >= 15 is 0 Å². The van der Waals surface area contributed by atoms with Crippen molar-refractivity contribution in [3.8, 4) is 5.75 Å². The van der Waals surface area contributed by atoms with Crippen LogP contribution in [-0.2, 0) is 14.8 Å². The van der Waals surface area contributed by atoms with Crippen molar-refractivity contribution in [1.29, 1.82) is 0 Å². The number of benzene rings is 2. The van der Waals surface area contributed by atoms with Gasteiger partial charge in [-0.15, -0.1) is 0 Å². The molecule has 2 aliphatic heterocycles. The van der Waals surface area contributed by atoms with Crippen LogP contribution in [0.25, 0.3) is 0 Å². The largest absolute Gasteiger partial charge is 0.497 e. The van der Waals surface area contributed by atoms with Gasteiger partial charge in [0.1, 0.15) is 5.75 Å². The highest BCUT2D eigenvalue weighted by Crippen LogP contribution is 2.24. The van der Waals surface area contributed by atoms with Gasteiger partial charge in [-0.2, -0.15) is 4.31 Å². The van der Waals surface area contributed by atoms with Gasteiger partial charge in [0.05, 0.1) is 25.2 Å². The monoisotopic (exact) mass is 459 g/mol. The molecular weight excluding hydrogens is 430 g/mol. The standard InChI is InChI=1S/C23H29N3O5S/c1-18-3-8-21(32(28,29)26-13-15-31-16-14-26)17-22(18)23(27)25-11-9-24(10-12-25)19-4-6-20(30-2)7-5-19/h3-8,17H,9-16H2,1-2H3. The van der Waals surface area contributed by atoms with E-state index in [2.05, 4.69) is 4.90 Å². The number of methoxy groups -OCH3 is 1. The van der Waals surface area contributed by atoms with Gasteiger partial charge in [0.15, 0.2) is 0 Å². The minimum absolute atomic E-state index is 0.129. The van der Waals surface area contributed by atoms with E-state index in [0.29, 0.717) is 58.0 Å². The number of hydrogen-bond donors (Lipinski definition) is 0. The minimum atomic E-state index is -3.65. The summed E-state index contributed by atoms with van der Waals surface area (Å²) < 4.78 is 38.0. The molecule has 8 nitrogen and oxygen atoms in total. The molecule has 9 heteroatoms. The quantitative estimate of drug-likeness (QED) is 0.681. The first kappa shape index (κ1) is 22.6. The summed E-state index contributed by atoms with van der Waals surface area (Å²) in [5.74, 6) is 0.681. The molecule has 2 aromatic carbocycles. The Morgan fingerprint density at radius 1 is 0.938 bits per heavy atom. The first-order valence-electron chi connectivity index (χ1n) is 10.8. The Bertz CT molecular complexity index is 1060. The van der Waals surface area contributed by atoms with Crippen LogP contribution in [0.1, 0.15) is 15.9 Å². The summed E-state index contributed by atoms with van der Waals surface area (Å²) in [5, 5.41) is 0. The zero-order chi connectivity index (χ0) is 22.7. The Kier molecular flexibility index (Phi) is 6.68. The summed E-state index contributed by atoms with van der Waals surface area (Å²) in [4.78, 5) is 17.5. The molecule has 32 heavy (non-hydrogen) atoms. The van der Waals surface area contributed by atoms with Crippen molar-refractivity contribution in [1.82, 2.24) is 9.21 Å². The average Bonchev–Trinajstić information content (AvgIpc) is 2.84. The van der Waals surface area contributed by atoms with Crippen LogP contribution in [0.4, 0.5) is 5.69 Å². The molecule has 0 aliphatic carbocycles. The van der Waals surface area contributed by atoms with Gasteiger partial charge in [-0.1, -0.05) is 6.07 Å². The molecule has 1 amide bonds. The van der Waals surface area contributed by atoms with Gasteiger partial charge in [-0.25, -0.2) is 8.42 Å². The maximum absolute atomic E-state index is 13.3. The van der Waals surface area contributed by atoms with E-state index in [1.54, 1.807) is 24.1 Å². The fourth-order valence-electron chi connectivity index (χ4n) is 4.06. The molecule has 2 saturated heterocycles. The van der Waals surface area contributed by atoms with E-state index in [4.69, 9.17) is 9.47 Å². The van der Waals surface area contributed by atoms with Crippen LogP contribution >= 0.6 is 0 Å². The third kappa shape index (κ3) is 4.60. The lowest BCUT2D eigenvalue weighted by Gasteiger charge is -2.36. The SMILES string of the molecule is COc1ccc(N2CCN(C(=O)c3cc(S(=O)(=O)N4CCOCC4)ccc3C)CC2)cc1. The maximum Gasteiger partial charge on any atom is 0.254 e. The van der Waals surface area contributed by atoms with Crippen LogP contribution in [0.2, 0.25) is 0 Å². The fourth-order valence-corrected chi connectivity index (χ4v) is 5.49. The third-order valence-electron chi connectivity index (χ3n) is 6.05. The van der Waals surface area contributed by atoms with Gasteiger partial charge >= 0.3 is 0 Å². The van der Waals surface area contributed by atoms with Crippen LogP contribution in [0.5, 0.6) is 5.75 Å². The highest BCUT2D eigenvalue weighted by atomic mass is 32.2. The lowest BCUT2D eigenvalue weighted by molar-refractivity contribution is 0.0729. The van der Waals surface area contributed by atoms with Gasteiger partial charge < -0.3 is 19.3 Å². The Hall–Kier alpha value is -2.62. The van der Waals surface area contributed by atoms with Gasteiger partial charge in [-0.3, -0.25) is 4.79 Å². The van der Waals surface area contributed by atoms with E-state index < -0.39 is 10.0 Å². The van der Waals surface area contributed by atoms with Gasteiger partial charge in [-0.05, 0) is 48.9 Å². The summed E-state index contributed by atoms with van der Waals surface area (Å²) in [6.45, 7) is 5.83. The van der Waals surface area contributed by atoms with Crippen molar-refractivity contribution in [3.05, 3.63) is 53.6 Å². The minimum Gasteiger partial charge on any atom is -0.497 e. The predicted octanol–water partition coefficient (Wildman–Crippen LogP) is 1.99. The highest BCUT2D eigenvalue weighted by Gasteiger charge is 2.29. The molecule has 0 aromatic heterocycles. The number of morpholine rings is 1. The molecule has 0 saturated carbocycles. The maximum atomic E-state index is 13.3. The molecule has 2 aromatic rings. The molecule has 0 atom stereocenters. The van der Waals surface area contributed by atoms with E-state index in [1.807, 2.05) is 31.2 Å². The summed E-state index contributed by atoms with van der Waals surface area (Å²) in [7, 11) is -2.01. The molecular formula is C23H29N3O5S. The average molecular weight is 460 g/mol. The second kappa shape index (κ2) is 9.48. The number of sulfonamides is 1. The Morgan fingerprint density at radius 3 is 2.22 bits per heavy atom. The van der Waals surface area contributed by atoms with Crippen molar-refractivity contribution in [2.24, 2.45) is 0 Å². The molecule has 0 N–H and O–H groups in total. The molecule has 2 heterocycles. The lowest BCUT2D eigenvalue weighted by Crippen LogP contribution is -2.49. The van der Waals surface area contributed by atoms with E-state index in [1.165, 1.54) is 10.4 Å². The lowest BCUT2D eigenvalue weighted by atomic mass is 10.1. The normalized spacial score (nSPS) is 17.9. The first-order chi connectivity index (χ1) is 15.4. The summed E-state index contributed by atoms with van der Waals surface area (Å²) in [5.41, 5.74) is 2.30. The summed E-state index contributed by atoms with van der Waals surface area (Å²) in [6, 6.07) is 12.7. The predicted molar refractivity (Wildman–Crippen MR) is 122 cm³/mol. The zero-order valence-corrected chi connectivity index (χ0v) is 19.3. The molecule has 0 radical (unpaired) electrons. The molecule has 4 rings (SSSR count). The number of anilines is 1.